The minimum absolute atomic E-state index is 0.113. The molecule has 0 aliphatic heterocycles. The van der Waals surface area contributed by atoms with Crippen molar-refractivity contribution in [2.45, 2.75) is 46.5 Å². The topological polar surface area (TPSA) is 110 Å². The number of unbranched alkanes of at least 4 members (excludes halogenated alkanes) is 3. The molecule has 0 bridgehead atoms. The zero-order valence-corrected chi connectivity index (χ0v) is 22.9. The van der Waals surface area contributed by atoms with Crippen molar-refractivity contribution in [1.82, 2.24) is 20.3 Å². The predicted molar refractivity (Wildman–Crippen MR) is 152 cm³/mol. The smallest absolute Gasteiger partial charge is 0.319 e. The van der Waals surface area contributed by atoms with E-state index in [2.05, 4.69) is 43.7 Å². The molecule has 10 heteroatoms. The molecular weight excluding hydrogens is 499 g/mol. The van der Waals surface area contributed by atoms with Crippen molar-refractivity contribution < 1.29 is 18.7 Å². The Morgan fingerprint density at radius 3 is 2.64 bits per heavy atom. The molecule has 2 aromatic heterocycles. The number of aromatic nitrogens is 3. The number of terminal acetylenes is 1. The van der Waals surface area contributed by atoms with E-state index in [0.29, 0.717) is 44.5 Å². The Labute approximate surface area is 229 Å². The molecule has 0 fully saturated rings. The first-order valence-corrected chi connectivity index (χ1v) is 13.3. The van der Waals surface area contributed by atoms with E-state index in [1.54, 1.807) is 12.3 Å². The van der Waals surface area contributed by atoms with Crippen LogP contribution in [0.2, 0.25) is 0 Å². The number of carbonyl (C=O) groups is 1. The van der Waals surface area contributed by atoms with Gasteiger partial charge >= 0.3 is 6.03 Å². The lowest BCUT2D eigenvalue weighted by Crippen LogP contribution is -2.29. The summed E-state index contributed by atoms with van der Waals surface area (Å²) in [6.07, 6.45) is 11.0. The summed E-state index contributed by atoms with van der Waals surface area (Å²) < 4.78 is 25.3. The monoisotopic (exact) mass is 536 g/mol. The van der Waals surface area contributed by atoms with E-state index in [-0.39, 0.29) is 12.3 Å². The number of hydrogen-bond donors (Lipinski definition) is 3. The van der Waals surface area contributed by atoms with Gasteiger partial charge in [0.25, 0.3) is 0 Å². The van der Waals surface area contributed by atoms with E-state index < -0.39 is 11.8 Å². The summed E-state index contributed by atoms with van der Waals surface area (Å²) in [5.41, 5.74) is 3.69. The standard InChI is InChI=1S/C29H37FN6O3/c1-5-7-8-9-10-32-29(37)35-26-18-23(20(3)16-25(26)30)24-17-22-19-33-28(36-27(22)34-21(24)4)31-11-13-39-15-14-38-12-6-2/h2,16-19H,5,7-15H2,1,3-4H3,(H2,32,35,37)(H,31,33,34,36). The number of anilines is 2. The van der Waals surface area contributed by atoms with Gasteiger partial charge in [-0.3, -0.25) is 0 Å². The lowest BCUT2D eigenvalue weighted by Gasteiger charge is -2.14. The summed E-state index contributed by atoms with van der Waals surface area (Å²) in [5.74, 6) is 2.35. The fourth-order valence-corrected chi connectivity index (χ4v) is 3.98. The maximum Gasteiger partial charge on any atom is 0.319 e. The highest BCUT2D eigenvalue weighted by Crippen LogP contribution is 2.32. The van der Waals surface area contributed by atoms with E-state index in [9.17, 15) is 9.18 Å². The number of halogens is 1. The Bertz CT molecular complexity index is 1290. The molecule has 208 valence electrons. The number of aryl methyl sites for hydroxylation is 2. The summed E-state index contributed by atoms with van der Waals surface area (Å²) in [5, 5.41) is 9.30. The summed E-state index contributed by atoms with van der Waals surface area (Å²) >= 11 is 0. The summed E-state index contributed by atoms with van der Waals surface area (Å²) in [6.45, 7) is 8.54. The number of ether oxygens (including phenoxy) is 2. The number of pyridine rings is 1. The molecule has 3 N–H and O–H groups in total. The van der Waals surface area contributed by atoms with Crippen molar-refractivity contribution in [3.63, 3.8) is 0 Å². The number of nitrogens with zero attached hydrogens (tertiary/aromatic N) is 3. The van der Waals surface area contributed by atoms with E-state index in [0.717, 1.165) is 53.5 Å². The molecule has 0 unspecified atom stereocenters. The number of rotatable bonds is 15. The number of hydrogen-bond acceptors (Lipinski definition) is 7. The van der Waals surface area contributed by atoms with Gasteiger partial charge in [-0.1, -0.05) is 32.1 Å². The average molecular weight is 537 g/mol. The van der Waals surface area contributed by atoms with Gasteiger partial charge < -0.3 is 25.4 Å². The lowest BCUT2D eigenvalue weighted by atomic mass is 9.97. The van der Waals surface area contributed by atoms with Crippen LogP contribution in [0.15, 0.2) is 24.4 Å². The van der Waals surface area contributed by atoms with Crippen LogP contribution in [0, 0.1) is 32.0 Å². The zero-order valence-electron chi connectivity index (χ0n) is 22.9. The summed E-state index contributed by atoms with van der Waals surface area (Å²) in [6, 6.07) is 4.57. The van der Waals surface area contributed by atoms with Crippen molar-refractivity contribution in [3.8, 4) is 23.5 Å². The largest absolute Gasteiger partial charge is 0.377 e. The molecule has 0 saturated carbocycles. The van der Waals surface area contributed by atoms with Gasteiger partial charge in [-0.25, -0.2) is 19.2 Å². The fraction of sp³-hybridized carbons (Fsp3) is 0.448. The van der Waals surface area contributed by atoms with Gasteiger partial charge in [-0.15, -0.1) is 6.42 Å². The lowest BCUT2D eigenvalue weighted by molar-refractivity contribution is 0.0647. The van der Waals surface area contributed by atoms with Crippen molar-refractivity contribution in [2.75, 3.05) is 50.2 Å². The highest BCUT2D eigenvalue weighted by Gasteiger charge is 2.15. The highest BCUT2D eigenvalue weighted by molar-refractivity contribution is 5.91. The quantitative estimate of drug-likeness (QED) is 0.180. The van der Waals surface area contributed by atoms with Gasteiger partial charge in [0.2, 0.25) is 5.95 Å². The van der Waals surface area contributed by atoms with Gasteiger partial charge in [-0.2, -0.15) is 4.98 Å². The van der Waals surface area contributed by atoms with Crippen LogP contribution in [0.25, 0.3) is 22.2 Å². The van der Waals surface area contributed by atoms with Crippen molar-refractivity contribution >= 4 is 28.7 Å². The minimum Gasteiger partial charge on any atom is -0.377 e. The molecule has 0 aliphatic carbocycles. The molecule has 0 spiro atoms. The maximum atomic E-state index is 14.7. The van der Waals surface area contributed by atoms with Gasteiger partial charge in [0.1, 0.15) is 12.4 Å². The first-order chi connectivity index (χ1) is 18.9. The van der Waals surface area contributed by atoms with Gasteiger partial charge in [0, 0.05) is 35.9 Å². The van der Waals surface area contributed by atoms with E-state index in [4.69, 9.17) is 15.9 Å². The van der Waals surface area contributed by atoms with E-state index in [1.807, 2.05) is 19.9 Å². The molecule has 3 rings (SSSR count). The second-order valence-corrected chi connectivity index (χ2v) is 9.11. The number of amides is 2. The highest BCUT2D eigenvalue weighted by atomic mass is 19.1. The Morgan fingerprint density at radius 2 is 1.85 bits per heavy atom. The van der Waals surface area contributed by atoms with Crippen LogP contribution in [-0.4, -0.2) is 60.5 Å². The molecule has 0 atom stereocenters. The molecule has 1 aromatic carbocycles. The normalized spacial score (nSPS) is 10.8. The van der Waals surface area contributed by atoms with E-state index in [1.165, 1.54) is 6.07 Å². The fourth-order valence-electron chi connectivity index (χ4n) is 3.98. The average Bonchev–Trinajstić information content (AvgIpc) is 2.91. The maximum absolute atomic E-state index is 14.7. The van der Waals surface area contributed by atoms with Crippen LogP contribution in [0.5, 0.6) is 0 Å². The first kappa shape index (κ1) is 29.7. The molecule has 2 heterocycles. The summed E-state index contributed by atoms with van der Waals surface area (Å²) in [4.78, 5) is 25.9. The molecule has 3 aromatic rings. The van der Waals surface area contributed by atoms with Crippen molar-refractivity contribution in [2.24, 2.45) is 0 Å². The third-order valence-electron chi connectivity index (χ3n) is 6.01. The number of urea groups is 1. The van der Waals surface area contributed by atoms with Gasteiger partial charge in [0.15, 0.2) is 5.65 Å². The van der Waals surface area contributed by atoms with Crippen molar-refractivity contribution in [3.05, 3.63) is 41.5 Å². The Kier molecular flexibility index (Phi) is 11.9. The Morgan fingerprint density at radius 1 is 1.03 bits per heavy atom. The number of fused-ring (bicyclic) bond motifs is 1. The first-order valence-electron chi connectivity index (χ1n) is 13.3. The minimum atomic E-state index is -0.494. The van der Waals surface area contributed by atoms with Crippen LogP contribution >= 0.6 is 0 Å². The molecule has 0 aliphatic rings. The van der Waals surface area contributed by atoms with Crippen LogP contribution in [0.1, 0.15) is 43.9 Å². The second kappa shape index (κ2) is 15.6. The van der Waals surface area contributed by atoms with Crippen molar-refractivity contribution in [1.29, 1.82) is 0 Å². The predicted octanol–water partition coefficient (Wildman–Crippen LogP) is 5.23. The number of nitrogens with one attached hydrogen (secondary N) is 3. The van der Waals surface area contributed by atoms with Crippen LogP contribution < -0.4 is 16.0 Å². The second-order valence-electron chi connectivity index (χ2n) is 9.11. The zero-order chi connectivity index (χ0) is 28.0. The molecule has 0 saturated heterocycles. The van der Waals surface area contributed by atoms with Crippen LogP contribution in [0.3, 0.4) is 0 Å². The van der Waals surface area contributed by atoms with E-state index >= 15 is 0 Å². The van der Waals surface area contributed by atoms with Crippen LogP contribution in [0.4, 0.5) is 20.8 Å². The Balaban J connectivity index is 1.66. The molecular formula is C29H37FN6O3. The summed E-state index contributed by atoms with van der Waals surface area (Å²) in [7, 11) is 0. The molecule has 9 nitrogen and oxygen atoms in total. The van der Waals surface area contributed by atoms with Gasteiger partial charge in [0.05, 0.1) is 25.5 Å². The molecule has 2 amide bonds. The molecule has 0 radical (unpaired) electrons. The van der Waals surface area contributed by atoms with Crippen LogP contribution in [-0.2, 0) is 9.47 Å². The van der Waals surface area contributed by atoms with Gasteiger partial charge in [-0.05, 0) is 49.6 Å². The Hall–Kier alpha value is -3.81. The number of benzene rings is 1. The third kappa shape index (κ3) is 9.16. The SMILES string of the molecule is C#CCOCCOCCNc1ncc2cc(-c3cc(NC(=O)NCCCCCC)c(F)cc3C)c(C)nc2n1. The third-order valence-corrected chi connectivity index (χ3v) is 6.01. The number of carbonyl (C=O) groups excluding carboxylic acids is 1. The molecule has 39 heavy (non-hydrogen) atoms.